The van der Waals surface area contributed by atoms with E-state index in [-0.39, 0.29) is 22.6 Å². The van der Waals surface area contributed by atoms with Crippen LogP contribution in [0.4, 0.5) is 11.5 Å². The summed E-state index contributed by atoms with van der Waals surface area (Å²) in [5, 5.41) is 23.0. The zero-order valence-corrected chi connectivity index (χ0v) is 11.8. The summed E-state index contributed by atoms with van der Waals surface area (Å²) in [6.07, 6.45) is 3.48. The maximum absolute atomic E-state index is 11.2. The van der Waals surface area contributed by atoms with Gasteiger partial charge in [-0.3, -0.25) is 10.1 Å². The van der Waals surface area contributed by atoms with Crippen LogP contribution in [0.5, 0.6) is 0 Å². The van der Waals surface area contributed by atoms with Gasteiger partial charge in [-0.2, -0.15) is 0 Å². The summed E-state index contributed by atoms with van der Waals surface area (Å²) in [4.78, 5) is 25.2. The molecule has 0 aliphatic rings. The first-order valence-corrected chi connectivity index (χ1v) is 6.55. The maximum Gasteiger partial charge on any atom is 0.339 e. The van der Waals surface area contributed by atoms with Gasteiger partial charge in [-0.25, -0.2) is 9.78 Å². The zero-order valence-electron chi connectivity index (χ0n) is 11.8. The third kappa shape index (κ3) is 3.23. The summed E-state index contributed by atoms with van der Waals surface area (Å²) < 4.78 is 0. The minimum atomic E-state index is -1.24. The van der Waals surface area contributed by atoms with E-state index in [1.165, 1.54) is 0 Å². The molecular formula is C13H19N3O4. The minimum Gasteiger partial charge on any atom is -0.478 e. The van der Waals surface area contributed by atoms with Crippen LogP contribution in [-0.2, 0) is 0 Å². The third-order valence-corrected chi connectivity index (χ3v) is 3.73. The molecule has 7 nitrogen and oxygen atoms in total. The summed E-state index contributed by atoms with van der Waals surface area (Å²) in [7, 11) is 0. The van der Waals surface area contributed by atoms with Crippen molar-refractivity contribution in [3.05, 3.63) is 27.9 Å². The highest BCUT2D eigenvalue weighted by atomic mass is 16.6. The Hall–Kier alpha value is -2.18. The van der Waals surface area contributed by atoms with E-state index >= 15 is 0 Å². The van der Waals surface area contributed by atoms with Gasteiger partial charge in [-0.05, 0) is 19.3 Å². The Kier molecular flexibility index (Phi) is 5.01. The number of nitrogens with one attached hydrogen (secondary N) is 1. The molecule has 0 aliphatic carbocycles. The van der Waals surface area contributed by atoms with E-state index in [2.05, 4.69) is 10.3 Å². The van der Waals surface area contributed by atoms with E-state index in [0.717, 1.165) is 31.5 Å². The van der Waals surface area contributed by atoms with Crippen LogP contribution in [0.25, 0.3) is 0 Å². The Morgan fingerprint density at radius 1 is 1.40 bits per heavy atom. The predicted molar refractivity (Wildman–Crippen MR) is 75.1 cm³/mol. The number of anilines is 1. The molecule has 0 atom stereocenters. The molecule has 0 aromatic carbocycles. The molecule has 0 saturated carbocycles. The molecule has 0 fully saturated rings. The first kappa shape index (κ1) is 15.9. The van der Waals surface area contributed by atoms with Gasteiger partial charge >= 0.3 is 5.97 Å². The van der Waals surface area contributed by atoms with E-state index < -0.39 is 10.9 Å². The molecule has 7 heteroatoms. The van der Waals surface area contributed by atoms with Gasteiger partial charge in [0.15, 0.2) is 0 Å². The number of carboxylic acid groups (broad SMARTS) is 1. The molecule has 0 spiro atoms. The van der Waals surface area contributed by atoms with Crippen LogP contribution in [0.2, 0.25) is 0 Å². The fourth-order valence-electron chi connectivity index (χ4n) is 2.08. The number of aromatic carboxylic acids is 1. The Morgan fingerprint density at radius 2 is 1.95 bits per heavy atom. The van der Waals surface area contributed by atoms with Crippen molar-refractivity contribution in [2.45, 2.75) is 45.6 Å². The zero-order chi connectivity index (χ0) is 15.3. The Balaban J connectivity index is 3.24. The SMILES string of the molecule is CCC(CC)(CC)Nc1ncc([N+](=O)[O-])cc1C(=O)O. The lowest BCUT2D eigenvalue weighted by atomic mass is 9.89. The van der Waals surface area contributed by atoms with Crippen molar-refractivity contribution in [1.29, 1.82) is 0 Å². The molecule has 0 unspecified atom stereocenters. The summed E-state index contributed by atoms with van der Waals surface area (Å²) in [6.45, 7) is 6.02. The van der Waals surface area contributed by atoms with Crippen LogP contribution in [0.3, 0.4) is 0 Å². The Labute approximate surface area is 117 Å². The number of carbonyl (C=O) groups is 1. The first-order chi connectivity index (χ1) is 9.39. The van der Waals surface area contributed by atoms with E-state index in [0.29, 0.717) is 0 Å². The van der Waals surface area contributed by atoms with Crippen LogP contribution in [0, 0.1) is 10.1 Å². The van der Waals surface area contributed by atoms with Gasteiger partial charge < -0.3 is 10.4 Å². The van der Waals surface area contributed by atoms with Gasteiger partial charge in [0, 0.05) is 11.6 Å². The topological polar surface area (TPSA) is 105 Å². The molecule has 1 aromatic heterocycles. The summed E-state index contributed by atoms with van der Waals surface area (Å²) in [5.74, 6) is -1.06. The van der Waals surface area contributed by atoms with Gasteiger partial charge in [-0.1, -0.05) is 20.8 Å². The number of hydrogen-bond acceptors (Lipinski definition) is 5. The molecule has 20 heavy (non-hydrogen) atoms. The van der Waals surface area contributed by atoms with E-state index in [1.807, 2.05) is 20.8 Å². The van der Waals surface area contributed by atoms with Crippen LogP contribution >= 0.6 is 0 Å². The second-order valence-electron chi connectivity index (χ2n) is 4.62. The summed E-state index contributed by atoms with van der Waals surface area (Å²) >= 11 is 0. The molecule has 0 radical (unpaired) electrons. The fourth-order valence-corrected chi connectivity index (χ4v) is 2.08. The van der Waals surface area contributed by atoms with Gasteiger partial charge in [0.1, 0.15) is 17.6 Å². The second-order valence-corrected chi connectivity index (χ2v) is 4.62. The first-order valence-electron chi connectivity index (χ1n) is 6.55. The van der Waals surface area contributed by atoms with Gasteiger partial charge in [0.2, 0.25) is 0 Å². The number of hydrogen-bond donors (Lipinski definition) is 2. The number of aromatic nitrogens is 1. The average Bonchev–Trinajstić information content (AvgIpc) is 2.44. The smallest absolute Gasteiger partial charge is 0.339 e. The van der Waals surface area contributed by atoms with Crippen LogP contribution in [0.15, 0.2) is 12.3 Å². The molecule has 0 bridgehead atoms. The quantitative estimate of drug-likeness (QED) is 0.587. The highest BCUT2D eigenvalue weighted by Gasteiger charge is 2.27. The van der Waals surface area contributed by atoms with Gasteiger partial charge in [-0.15, -0.1) is 0 Å². The van der Waals surface area contributed by atoms with Crippen molar-refractivity contribution in [1.82, 2.24) is 4.98 Å². The third-order valence-electron chi connectivity index (χ3n) is 3.73. The molecule has 0 aliphatic heterocycles. The summed E-state index contributed by atoms with van der Waals surface area (Å²) in [6, 6.07) is 1.03. The number of nitrogens with zero attached hydrogens (tertiary/aromatic N) is 2. The standard InChI is InChI=1S/C13H19N3O4/c1-4-13(5-2,6-3)15-11-10(12(17)18)7-9(8-14-11)16(19)20/h7-8H,4-6H2,1-3H3,(H,14,15)(H,17,18). The fraction of sp³-hybridized carbons (Fsp3) is 0.538. The van der Waals surface area contributed by atoms with Crippen molar-refractivity contribution in [3.63, 3.8) is 0 Å². The lowest BCUT2D eigenvalue weighted by Gasteiger charge is -2.32. The molecular weight excluding hydrogens is 262 g/mol. The number of pyridine rings is 1. The van der Waals surface area contributed by atoms with E-state index in [4.69, 9.17) is 0 Å². The lowest BCUT2D eigenvalue weighted by molar-refractivity contribution is -0.385. The lowest BCUT2D eigenvalue weighted by Crippen LogP contribution is -2.37. The molecule has 1 heterocycles. The van der Waals surface area contributed by atoms with Crippen LogP contribution in [-0.4, -0.2) is 26.5 Å². The van der Waals surface area contributed by atoms with E-state index in [9.17, 15) is 20.0 Å². The Bertz CT molecular complexity index is 504. The van der Waals surface area contributed by atoms with Crippen LogP contribution in [0.1, 0.15) is 50.4 Å². The highest BCUT2D eigenvalue weighted by molar-refractivity contribution is 5.93. The predicted octanol–water partition coefficient (Wildman–Crippen LogP) is 3.07. The summed E-state index contributed by atoms with van der Waals surface area (Å²) in [5.41, 5.74) is -0.769. The largest absolute Gasteiger partial charge is 0.478 e. The highest BCUT2D eigenvalue weighted by Crippen LogP contribution is 2.28. The van der Waals surface area contributed by atoms with Crippen molar-refractivity contribution < 1.29 is 14.8 Å². The Morgan fingerprint density at radius 3 is 2.35 bits per heavy atom. The number of nitro groups is 1. The molecule has 110 valence electrons. The molecule has 1 aromatic rings. The average molecular weight is 281 g/mol. The normalized spacial score (nSPS) is 11.2. The molecule has 0 saturated heterocycles. The maximum atomic E-state index is 11.2. The van der Waals surface area contributed by atoms with E-state index in [1.54, 1.807) is 0 Å². The van der Waals surface area contributed by atoms with Crippen molar-refractivity contribution in [3.8, 4) is 0 Å². The van der Waals surface area contributed by atoms with Gasteiger partial charge in [0.05, 0.1) is 4.92 Å². The van der Waals surface area contributed by atoms with Crippen LogP contribution < -0.4 is 5.32 Å². The number of rotatable bonds is 7. The van der Waals surface area contributed by atoms with Gasteiger partial charge in [0.25, 0.3) is 5.69 Å². The second kappa shape index (κ2) is 6.31. The van der Waals surface area contributed by atoms with Crippen molar-refractivity contribution in [2.75, 3.05) is 5.32 Å². The molecule has 1 rings (SSSR count). The molecule has 2 N–H and O–H groups in total. The number of carboxylic acids is 1. The van der Waals surface area contributed by atoms with Crippen molar-refractivity contribution >= 4 is 17.5 Å². The minimum absolute atomic E-state index is 0.175. The monoisotopic (exact) mass is 281 g/mol. The molecule has 0 amide bonds. The van der Waals surface area contributed by atoms with Crippen molar-refractivity contribution in [2.24, 2.45) is 0 Å².